The van der Waals surface area contributed by atoms with E-state index in [-0.39, 0.29) is 6.10 Å². The second-order valence-corrected chi connectivity index (χ2v) is 4.54. The van der Waals surface area contributed by atoms with Gasteiger partial charge in [-0.3, -0.25) is 4.18 Å². The van der Waals surface area contributed by atoms with Crippen LogP contribution in [0, 0.1) is 6.92 Å². The van der Waals surface area contributed by atoms with Gasteiger partial charge in [0.15, 0.2) is 11.1 Å². The summed E-state index contributed by atoms with van der Waals surface area (Å²) in [6, 6.07) is 7.45. The van der Waals surface area contributed by atoms with Crippen LogP contribution in [0.25, 0.3) is 0 Å². The smallest absolute Gasteiger partial charge is 0.189 e. The summed E-state index contributed by atoms with van der Waals surface area (Å²) >= 11 is -1.40. The molecule has 1 aromatic rings. The molecule has 4 heteroatoms. The number of hydrogen-bond donors (Lipinski definition) is 0. The summed E-state index contributed by atoms with van der Waals surface area (Å²) in [5, 5.41) is 0. The Morgan fingerprint density at radius 1 is 1.33 bits per heavy atom. The van der Waals surface area contributed by atoms with Crippen LogP contribution in [0.1, 0.15) is 12.5 Å². The van der Waals surface area contributed by atoms with Gasteiger partial charge in [0.25, 0.3) is 0 Å². The summed E-state index contributed by atoms with van der Waals surface area (Å²) in [4.78, 5) is 0.684. The molecule has 0 saturated carbocycles. The Hall–Kier alpha value is -0.710. The van der Waals surface area contributed by atoms with Gasteiger partial charge in [0.1, 0.15) is 0 Å². The fraction of sp³-hybridized carbons (Fsp3) is 0.455. The lowest BCUT2D eigenvalue weighted by atomic mass is 10.2. The molecule has 1 aromatic carbocycles. The molecule has 0 aliphatic carbocycles. The molecule has 1 rings (SSSR count). The van der Waals surface area contributed by atoms with Crippen molar-refractivity contribution in [3.63, 3.8) is 0 Å². The summed E-state index contributed by atoms with van der Waals surface area (Å²) in [6.07, 6.45) is -0.169. The molecule has 0 amide bonds. The highest BCUT2D eigenvalue weighted by atomic mass is 32.2. The summed E-state index contributed by atoms with van der Waals surface area (Å²) < 4.78 is 21.8. The SMILES string of the molecule is COC[C@H](C)O[S@@](=O)c1ccc(C)cc1. The maximum Gasteiger partial charge on any atom is 0.189 e. The molecule has 84 valence electrons. The van der Waals surface area contributed by atoms with Gasteiger partial charge in [0, 0.05) is 7.11 Å². The van der Waals surface area contributed by atoms with E-state index in [9.17, 15) is 4.21 Å². The maximum absolute atomic E-state index is 11.7. The average molecular weight is 228 g/mol. The Morgan fingerprint density at radius 3 is 2.47 bits per heavy atom. The minimum atomic E-state index is -1.40. The van der Waals surface area contributed by atoms with Crippen molar-refractivity contribution < 1.29 is 13.1 Å². The fourth-order valence-corrected chi connectivity index (χ4v) is 1.94. The Balaban J connectivity index is 2.57. The van der Waals surface area contributed by atoms with Crippen molar-refractivity contribution in [3.05, 3.63) is 29.8 Å². The van der Waals surface area contributed by atoms with Crippen molar-refractivity contribution in [3.8, 4) is 0 Å². The van der Waals surface area contributed by atoms with Crippen LogP contribution in [0.5, 0.6) is 0 Å². The third kappa shape index (κ3) is 4.11. The standard InChI is InChI=1S/C11H16O3S/c1-9-4-6-11(7-5-9)15(12)14-10(2)8-13-3/h4-7,10H,8H2,1-3H3/t10-,15+/m0/s1. The Morgan fingerprint density at radius 2 is 1.93 bits per heavy atom. The highest BCUT2D eigenvalue weighted by Crippen LogP contribution is 2.11. The zero-order chi connectivity index (χ0) is 11.3. The van der Waals surface area contributed by atoms with Crippen molar-refractivity contribution >= 4 is 11.1 Å². The molecule has 0 spiro atoms. The molecule has 0 aromatic heterocycles. The van der Waals surface area contributed by atoms with E-state index in [1.165, 1.54) is 0 Å². The molecule has 3 nitrogen and oxygen atoms in total. The van der Waals surface area contributed by atoms with Crippen LogP contribution >= 0.6 is 0 Å². The van der Waals surface area contributed by atoms with E-state index in [2.05, 4.69) is 0 Å². The minimum absolute atomic E-state index is 0.169. The van der Waals surface area contributed by atoms with E-state index in [4.69, 9.17) is 8.92 Å². The van der Waals surface area contributed by atoms with Crippen LogP contribution in [-0.2, 0) is 20.0 Å². The first-order valence-electron chi connectivity index (χ1n) is 4.78. The molecule has 0 saturated heterocycles. The quantitative estimate of drug-likeness (QED) is 0.774. The van der Waals surface area contributed by atoms with Gasteiger partial charge in [0.2, 0.25) is 0 Å². The van der Waals surface area contributed by atoms with Crippen molar-refractivity contribution in [2.24, 2.45) is 0 Å². The number of hydrogen-bond acceptors (Lipinski definition) is 3. The molecule has 0 bridgehead atoms. The number of ether oxygens (including phenoxy) is 1. The van der Waals surface area contributed by atoms with Crippen LogP contribution < -0.4 is 0 Å². The van der Waals surface area contributed by atoms with Gasteiger partial charge in [-0.25, -0.2) is 4.21 Å². The molecule has 0 unspecified atom stereocenters. The molecule has 15 heavy (non-hydrogen) atoms. The van der Waals surface area contributed by atoms with Gasteiger partial charge in [-0.05, 0) is 26.0 Å². The van der Waals surface area contributed by atoms with Crippen molar-refractivity contribution in [2.45, 2.75) is 24.8 Å². The van der Waals surface area contributed by atoms with Crippen molar-refractivity contribution in [2.75, 3.05) is 13.7 Å². The van der Waals surface area contributed by atoms with Gasteiger partial charge in [-0.2, -0.15) is 0 Å². The van der Waals surface area contributed by atoms with Crippen molar-refractivity contribution in [1.29, 1.82) is 0 Å². The van der Waals surface area contributed by atoms with Crippen molar-refractivity contribution in [1.82, 2.24) is 0 Å². The second-order valence-electron chi connectivity index (χ2n) is 3.41. The summed E-state index contributed by atoms with van der Waals surface area (Å²) in [5.74, 6) is 0. The lowest BCUT2D eigenvalue weighted by Crippen LogP contribution is -2.16. The van der Waals surface area contributed by atoms with Crippen LogP contribution in [0.2, 0.25) is 0 Å². The average Bonchev–Trinajstić information content (AvgIpc) is 2.18. The molecule has 0 aliphatic heterocycles. The monoisotopic (exact) mass is 228 g/mol. The number of aryl methyl sites for hydroxylation is 1. The first-order valence-corrected chi connectivity index (χ1v) is 5.85. The van der Waals surface area contributed by atoms with Gasteiger partial charge in [0.05, 0.1) is 17.6 Å². The van der Waals surface area contributed by atoms with E-state index >= 15 is 0 Å². The van der Waals surface area contributed by atoms with E-state index < -0.39 is 11.1 Å². The number of benzene rings is 1. The predicted molar refractivity (Wildman–Crippen MR) is 60.0 cm³/mol. The van der Waals surface area contributed by atoms with E-state index in [1.54, 1.807) is 7.11 Å². The van der Waals surface area contributed by atoms with Crippen LogP contribution in [-0.4, -0.2) is 24.0 Å². The maximum atomic E-state index is 11.7. The Labute approximate surface area is 93.1 Å². The zero-order valence-corrected chi connectivity index (χ0v) is 10.0. The van der Waals surface area contributed by atoms with E-state index in [0.717, 1.165) is 5.56 Å². The summed E-state index contributed by atoms with van der Waals surface area (Å²) in [7, 11) is 1.59. The summed E-state index contributed by atoms with van der Waals surface area (Å²) in [6.45, 7) is 4.26. The normalized spacial score (nSPS) is 14.9. The van der Waals surface area contributed by atoms with Gasteiger partial charge in [-0.1, -0.05) is 17.7 Å². The zero-order valence-electron chi connectivity index (χ0n) is 9.23. The Kier molecular flexibility index (Phi) is 4.94. The first-order chi connectivity index (χ1) is 7.13. The lowest BCUT2D eigenvalue weighted by molar-refractivity contribution is 0.101. The number of rotatable bonds is 5. The van der Waals surface area contributed by atoms with Gasteiger partial charge in [-0.15, -0.1) is 0 Å². The lowest BCUT2D eigenvalue weighted by Gasteiger charge is -2.10. The molecule has 0 heterocycles. The van der Waals surface area contributed by atoms with Gasteiger partial charge < -0.3 is 4.74 Å². The predicted octanol–water partition coefficient (Wildman–Crippen LogP) is 2.07. The fourth-order valence-electron chi connectivity index (χ4n) is 1.12. The molecular weight excluding hydrogens is 212 g/mol. The molecule has 0 fully saturated rings. The third-order valence-electron chi connectivity index (χ3n) is 1.87. The van der Waals surface area contributed by atoms with E-state index in [1.807, 2.05) is 38.1 Å². The third-order valence-corrected chi connectivity index (χ3v) is 3.03. The van der Waals surface area contributed by atoms with Crippen LogP contribution in [0.15, 0.2) is 29.2 Å². The molecule has 0 radical (unpaired) electrons. The van der Waals surface area contributed by atoms with Crippen LogP contribution in [0.4, 0.5) is 0 Å². The first kappa shape index (κ1) is 12.4. The highest BCUT2D eigenvalue weighted by molar-refractivity contribution is 7.80. The topological polar surface area (TPSA) is 35.5 Å². The van der Waals surface area contributed by atoms with Gasteiger partial charge >= 0.3 is 0 Å². The van der Waals surface area contributed by atoms with E-state index in [0.29, 0.717) is 11.5 Å². The molecular formula is C11H16O3S. The molecule has 0 aliphatic rings. The minimum Gasteiger partial charge on any atom is -0.382 e. The molecule has 0 N–H and O–H groups in total. The second kappa shape index (κ2) is 6.00. The summed E-state index contributed by atoms with van der Waals surface area (Å²) in [5.41, 5.74) is 1.14. The largest absolute Gasteiger partial charge is 0.382 e. The molecule has 2 atom stereocenters. The highest BCUT2D eigenvalue weighted by Gasteiger charge is 2.09. The Bertz CT molecular complexity index is 321. The number of methoxy groups -OCH3 is 1. The van der Waals surface area contributed by atoms with Crippen LogP contribution in [0.3, 0.4) is 0 Å².